The highest BCUT2D eigenvalue weighted by Gasteiger charge is 2.16. The van der Waals surface area contributed by atoms with Gasteiger partial charge in [0.05, 0.1) is 12.2 Å². The van der Waals surface area contributed by atoms with Gasteiger partial charge in [0, 0.05) is 18.9 Å². The van der Waals surface area contributed by atoms with Gasteiger partial charge in [0.1, 0.15) is 5.69 Å². The second kappa shape index (κ2) is 7.66. The first-order chi connectivity index (χ1) is 10.6. The van der Waals surface area contributed by atoms with Crippen molar-refractivity contribution in [1.29, 1.82) is 0 Å². The molecule has 0 radical (unpaired) electrons. The van der Waals surface area contributed by atoms with Gasteiger partial charge in [0.2, 0.25) is 0 Å². The fourth-order valence-corrected chi connectivity index (χ4v) is 2.27. The number of aromatic nitrogens is 2. The van der Waals surface area contributed by atoms with Crippen LogP contribution < -0.4 is 5.32 Å². The summed E-state index contributed by atoms with van der Waals surface area (Å²) in [4.78, 5) is 22.1. The van der Waals surface area contributed by atoms with Gasteiger partial charge in [-0.1, -0.05) is 31.2 Å². The second-order valence-electron chi connectivity index (χ2n) is 5.38. The SMILES string of the molecule is CCc1ccc([C@H](CNC(=O)c2cnccn2)N(C)C)cc1. The lowest BCUT2D eigenvalue weighted by atomic mass is 10.0. The smallest absolute Gasteiger partial charge is 0.271 e. The van der Waals surface area contributed by atoms with Crippen LogP contribution in [-0.4, -0.2) is 41.4 Å². The van der Waals surface area contributed by atoms with Crippen LogP contribution in [0.2, 0.25) is 0 Å². The molecule has 1 atom stereocenters. The molecule has 1 aromatic carbocycles. The van der Waals surface area contributed by atoms with E-state index in [1.807, 2.05) is 14.1 Å². The Labute approximate surface area is 131 Å². The molecule has 1 aromatic heterocycles. The maximum atomic E-state index is 12.1. The maximum Gasteiger partial charge on any atom is 0.271 e. The molecule has 0 fully saturated rings. The first-order valence-electron chi connectivity index (χ1n) is 7.41. The van der Waals surface area contributed by atoms with E-state index in [0.717, 1.165) is 6.42 Å². The molecule has 0 aliphatic carbocycles. The molecule has 2 aromatic rings. The lowest BCUT2D eigenvalue weighted by Crippen LogP contribution is -2.34. The predicted molar refractivity (Wildman–Crippen MR) is 86.6 cm³/mol. The largest absolute Gasteiger partial charge is 0.349 e. The fraction of sp³-hybridized carbons (Fsp3) is 0.353. The third-order valence-electron chi connectivity index (χ3n) is 3.65. The Balaban J connectivity index is 2.04. The highest BCUT2D eigenvalue weighted by atomic mass is 16.1. The summed E-state index contributed by atoms with van der Waals surface area (Å²) >= 11 is 0. The van der Waals surface area contributed by atoms with Gasteiger partial charge in [0.15, 0.2) is 0 Å². The summed E-state index contributed by atoms with van der Waals surface area (Å²) < 4.78 is 0. The van der Waals surface area contributed by atoms with Crippen molar-refractivity contribution in [1.82, 2.24) is 20.2 Å². The van der Waals surface area contributed by atoms with E-state index in [-0.39, 0.29) is 11.9 Å². The van der Waals surface area contributed by atoms with Gasteiger partial charge < -0.3 is 10.2 Å². The summed E-state index contributed by atoms with van der Waals surface area (Å²) in [6.07, 6.45) is 5.56. The Kier molecular flexibility index (Phi) is 5.61. The molecular formula is C17H22N4O. The van der Waals surface area contributed by atoms with Crippen molar-refractivity contribution in [2.45, 2.75) is 19.4 Å². The normalized spacial score (nSPS) is 12.2. The highest BCUT2D eigenvalue weighted by molar-refractivity contribution is 5.91. The molecule has 5 heteroatoms. The number of benzene rings is 1. The molecule has 1 amide bonds. The number of nitrogens with one attached hydrogen (secondary N) is 1. The molecule has 116 valence electrons. The van der Waals surface area contributed by atoms with Crippen LogP contribution in [0.1, 0.15) is 34.6 Å². The van der Waals surface area contributed by atoms with Crippen LogP contribution in [0.4, 0.5) is 0 Å². The first-order valence-corrected chi connectivity index (χ1v) is 7.41. The Hall–Kier alpha value is -2.27. The standard InChI is InChI=1S/C17H22N4O/c1-4-13-5-7-14(8-6-13)16(21(2)3)12-20-17(22)15-11-18-9-10-19-15/h5-11,16H,4,12H2,1-3H3,(H,20,22)/t16-/m0/s1. The first kappa shape index (κ1) is 16.1. The lowest BCUT2D eigenvalue weighted by molar-refractivity contribution is 0.0936. The zero-order valence-corrected chi connectivity index (χ0v) is 13.3. The number of rotatable bonds is 6. The summed E-state index contributed by atoms with van der Waals surface area (Å²) in [6.45, 7) is 2.66. The summed E-state index contributed by atoms with van der Waals surface area (Å²) in [7, 11) is 4.01. The molecule has 0 saturated heterocycles. The number of carbonyl (C=O) groups is 1. The van der Waals surface area contributed by atoms with Gasteiger partial charge in [-0.05, 0) is 31.6 Å². The summed E-state index contributed by atoms with van der Waals surface area (Å²) in [5.74, 6) is -0.204. The minimum Gasteiger partial charge on any atom is -0.349 e. The number of carbonyl (C=O) groups excluding carboxylic acids is 1. The maximum absolute atomic E-state index is 12.1. The van der Waals surface area contributed by atoms with Gasteiger partial charge in [-0.15, -0.1) is 0 Å². The zero-order valence-electron chi connectivity index (χ0n) is 13.3. The topological polar surface area (TPSA) is 58.1 Å². The monoisotopic (exact) mass is 298 g/mol. The molecule has 0 unspecified atom stereocenters. The zero-order chi connectivity index (χ0) is 15.9. The van der Waals surface area contributed by atoms with E-state index in [4.69, 9.17) is 0 Å². The van der Waals surface area contributed by atoms with Gasteiger partial charge in [-0.3, -0.25) is 9.78 Å². The van der Waals surface area contributed by atoms with Gasteiger partial charge >= 0.3 is 0 Å². The van der Waals surface area contributed by atoms with E-state index >= 15 is 0 Å². The van der Waals surface area contributed by atoms with E-state index in [0.29, 0.717) is 12.2 Å². The van der Waals surface area contributed by atoms with E-state index < -0.39 is 0 Å². The van der Waals surface area contributed by atoms with Crippen LogP contribution in [0, 0.1) is 0 Å². The van der Waals surface area contributed by atoms with Crippen LogP contribution in [-0.2, 0) is 6.42 Å². The third-order valence-corrected chi connectivity index (χ3v) is 3.65. The van der Waals surface area contributed by atoms with Crippen LogP contribution in [0.15, 0.2) is 42.9 Å². The number of hydrogen-bond acceptors (Lipinski definition) is 4. The van der Waals surface area contributed by atoms with Crippen LogP contribution >= 0.6 is 0 Å². The van der Waals surface area contributed by atoms with E-state index in [2.05, 4.69) is 51.4 Å². The molecule has 22 heavy (non-hydrogen) atoms. The van der Waals surface area contributed by atoms with Crippen molar-refractivity contribution in [3.8, 4) is 0 Å². The molecular weight excluding hydrogens is 276 g/mol. The van der Waals surface area contributed by atoms with Crippen LogP contribution in [0.3, 0.4) is 0 Å². The van der Waals surface area contributed by atoms with Gasteiger partial charge in [0.25, 0.3) is 5.91 Å². The Morgan fingerprint density at radius 1 is 1.23 bits per heavy atom. The van der Waals surface area contributed by atoms with Crippen molar-refractivity contribution < 1.29 is 4.79 Å². The minimum absolute atomic E-state index is 0.117. The summed E-state index contributed by atoms with van der Waals surface area (Å²) in [6, 6.07) is 8.63. The predicted octanol–water partition coefficient (Wildman–Crippen LogP) is 2.07. The van der Waals surface area contributed by atoms with E-state index in [1.165, 1.54) is 23.5 Å². The number of aryl methyl sites for hydroxylation is 1. The van der Waals surface area contributed by atoms with Crippen molar-refractivity contribution >= 4 is 5.91 Å². The average Bonchev–Trinajstić information content (AvgIpc) is 2.56. The van der Waals surface area contributed by atoms with Crippen molar-refractivity contribution in [3.63, 3.8) is 0 Å². The fourth-order valence-electron chi connectivity index (χ4n) is 2.27. The number of nitrogens with zero attached hydrogens (tertiary/aromatic N) is 3. The minimum atomic E-state index is -0.204. The molecule has 0 bridgehead atoms. The Morgan fingerprint density at radius 2 is 1.95 bits per heavy atom. The molecule has 0 spiro atoms. The third kappa shape index (κ3) is 4.11. The Bertz CT molecular complexity index is 596. The number of hydrogen-bond donors (Lipinski definition) is 1. The Morgan fingerprint density at radius 3 is 2.50 bits per heavy atom. The summed E-state index contributed by atoms with van der Waals surface area (Å²) in [5, 5.41) is 2.92. The molecule has 0 aliphatic rings. The molecule has 2 rings (SSSR count). The van der Waals surface area contributed by atoms with Crippen molar-refractivity contribution in [2.75, 3.05) is 20.6 Å². The molecule has 5 nitrogen and oxygen atoms in total. The highest BCUT2D eigenvalue weighted by Crippen LogP contribution is 2.18. The lowest BCUT2D eigenvalue weighted by Gasteiger charge is -2.25. The van der Waals surface area contributed by atoms with Crippen LogP contribution in [0.25, 0.3) is 0 Å². The molecule has 1 N–H and O–H groups in total. The van der Waals surface area contributed by atoms with Crippen molar-refractivity contribution in [2.24, 2.45) is 0 Å². The quantitative estimate of drug-likeness (QED) is 0.887. The number of amides is 1. The summed E-state index contributed by atoms with van der Waals surface area (Å²) in [5.41, 5.74) is 2.83. The number of likely N-dealkylation sites (N-methyl/N-ethyl adjacent to an activating group) is 1. The molecule has 0 saturated carbocycles. The van der Waals surface area contributed by atoms with E-state index in [1.54, 1.807) is 6.20 Å². The van der Waals surface area contributed by atoms with Gasteiger partial charge in [-0.2, -0.15) is 0 Å². The van der Waals surface area contributed by atoms with E-state index in [9.17, 15) is 4.79 Å². The average molecular weight is 298 g/mol. The van der Waals surface area contributed by atoms with Crippen LogP contribution in [0.5, 0.6) is 0 Å². The molecule has 1 heterocycles. The molecule has 0 aliphatic heterocycles. The van der Waals surface area contributed by atoms with Crippen molar-refractivity contribution in [3.05, 3.63) is 59.7 Å². The second-order valence-corrected chi connectivity index (χ2v) is 5.38. The van der Waals surface area contributed by atoms with Gasteiger partial charge in [-0.25, -0.2) is 4.98 Å².